The number of halogens is 1. The average Bonchev–Trinajstić information content (AvgIpc) is 3.03. The van der Waals surface area contributed by atoms with E-state index in [1.165, 1.54) is 0 Å². The summed E-state index contributed by atoms with van der Waals surface area (Å²) in [6.45, 7) is 4.47. The maximum absolute atomic E-state index is 12.1. The van der Waals surface area contributed by atoms with Gasteiger partial charge < -0.3 is 5.32 Å². The van der Waals surface area contributed by atoms with Crippen molar-refractivity contribution in [3.63, 3.8) is 0 Å². The van der Waals surface area contributed by atoms with Gasteiger partial charge in [0.05, 0.1) is 5.25 Å². The Bertz CT molecular complexity index is 311. The lowest BCUT2D eigenvalue weighted by Gasteiger charge is -2.33. The van der Waals surface area contributed by atoms with Gasteiger partial charge in [-0.05, 0) is 38.8 Å². The molecule has 2 fully saturated rings. The van der Waals surface area contributed by atoms with E-state index in [0.717, 1.165) is 38.8 Å². The molecule has 2 rings (SSSR count). The number of sulfonamides is 1. The molecule has 0 radical (unpaired) electrons. The van der Waals surface area contributed by atoms with Crippen molar-refractivity contribution >= 4 is 22.4 Å². The largest absolute Gasteiger partial charge is 0.317 e. The predicted octanol–water partition coefficient (Wildman–Crippen LogP) is 0.974. The highest BCUT2D eigenvalue weighted by atomic mass is 35.5. The van der Waals surface area contributed by atoms with Crippen molar-refractivity contribution in [1.82, 2.24) is 9.62 Å². The van der Waals surface area contributed by atoms with Gasteiger partial charge in [0.2, 0.25) is 10.0 Å². The summed E-state index contributed by atoms with van der Waals surface area (Å²) in [5, 5.41) is 3.21. The van der Waals surface area contributed by atoms with Gasteiger partial charge >= 0.3 is 0 Å². The van der Waals surface area contributed by atoms with Crippen molar-refractivity contribution < 1.29 is 8.42 Å². The predicted molar refractivity (Wildman–Crippen MR) is 67.5 cm³/mol. The normalized spacial score (nSPS) is 23.1. The van der Waals surface area contributed by atoms with E-state index in [1.54, 1.807) is 4.31 Å². The molecule has 96 valence electrons. The lowest BCUT2D eigenvalue weighted by atomic mass is 10.1. The third kappa shape index (κ3) is 2.88. The van der Waals surface area contributed by atoms with Crippen LogP contribution in [0.3, 0.4) is 0 Å². The summed E-state index contributed by atoms with van der Waals surface area (Å²) in [7, 11) is -2.97. The van der Waals surface area contributed by atoms with Crippen molar-refractivity contribution in [3.05, 3.63) is 0 Å². The first kappa shape index (κ1) is 14.2. The minimum Gasteiger partial charge on any atom is -0.317 e. The summed E-state index contributed by atoms with van der Waals surface area (Å²) in [5.41, 5.74) is 0. The van der Waals surface area contributed by atoms with Gasteiger partial charge in [-0.1, -0.05) is 6.92 Å². The Balaban J connectivity index is 0.00000128. The molecule has 2 aliphatic rings. The molecule has 1 N–H and O–H groups in total. The third-order valence-electron chi connectivity index (χ3n) is 3.30. The number of hydrogen-bond acceptors (Lipinski definition) is 3. The first-order valence-corrected chi connectivity index (χ1v) is 7.38. The molecule has 0 aromatic carbocycles. The molecule has 0 spiro atoms. The molecule has 0 amide bonds. The highest BCUT2D eigenvalue weighted by molar-refractivity contribution is 7.90. The van der Waals surface area contributed by atoms with Crippen LogP contribution in [-0.4, -0.2) is 43.6 Å². The van der Waals surface area contributed by atoms with Crippen LogP contribution in [0.15, 0.2) is 0 Å². The van der Waals surface area contributed by atoms with Crippen LogP contribution in [0.5, 0.6) is 0 Å². The topological polar surface area (TPSA) is 49.4 Å². The molecule has 1 saturated carbocycles. The van der Waals surface area contributed by atoms with Crippen LogP contribution in [0.25, 0.3) is 0 Å². The Morgan fingerprint density at radius 1 is 1.19 bits per heavy atom. The quantitative estimate of drug-likeness (QED) is 0.827. The van der Waals surface area contributed by atoms with Crippen LogP contribution in [-0.2, 0) is 10.0 Å². The van der Waals surface area contributed by atoms with Gasteiger partial charge in [-0.25, -0.2) is 8.42 Å². The maximum Gasteiger partial charge on any atom is 0.217 e. The summed E-state index contributed by atoms with van der Waals surface area (Å²) in [4.78, 5) is 0. The standard InChI is InChI=1S/C10H20N2O2S.ClH/c1-2-12(9-5-7-11-8-6-9)15(13,14)10-3-4-10;/h9-11H,2-8H2,1H3;1H. The van der Waals surface area contributed by atoms with Crippen molar-refractivity contribution in [2.45, 2.75) is 43.9 Å². The molecule has 1 saturated heterocycles. The zero-order valence-corrected chi connectivity index (χ0v) is 11.3. The molecule has 0 aromatic rings. The van der Waals surface area contributed by atoms with Gasteiger partial charge in [0.1, 0.15) is 0 Å². The molecule has 0 unspecified atom stereocenters. The lowest BCUT2D eigenvalue weighted by molar-refractivity contribution is 0.270. The van der Waals surface area contributed by atoms with E-state index in [2.05, 4.69) is 5.32 Å². The smallest absolute Gasteiger partial charge is 0.217 e. The Labute approximate surface area is 104 Å². The van der Waals surface area contributed by atoms with E-state index in [-0.39, 0.29) is 23.7 Å². The minimum atomic E-state index is -2.97. The fraction of sp³-hybridized carbons (Fsp3) is 1.00. The fourth-order valence-corrected chi connectivity index (χ4v) is 4.40. The van der Waals surface area contributed by atoms with Crippen molar-refractivity contribution in [1.29, 1.82) is 0 Å². The molecule has 0 atom stereocenters. The molecular weight excluding hydrogens is 248 g/mol. The minimum absolute atomic E-state index is 0. The summed E-state index contributed by atoms with van der Waals surface area (Å²) in [5.74, 6) is 0. The molecular formula is C10H21ClN2O2S. The van der Waals surface area contributed by atoms with E-state index >= 15 is 0 Å². The average molecular weight is 269 g/mol. The Morgan fingerprint density at radius 3 is 2.19 bits per heavy atom. The molecule has 4 nitrogen and oxygen atoms in total. The van der Waals surface area contributed by atoms with Crippen LogP contribution in [0.2, 0.25) is 0 Å². The molecule has 1 heterocycles. The van der Waals surface area contributed by atoms with Crippen LogP contribution < -0.4 is 5.32 Å². The van der Waals surface area contributed by atoms with Gasteiger partial charge in [0.25, 0.3) is 0 Å². The molecule has 1 aliphatic carbocycles. The Kier molecular flexibility index (Phi) is 5.04. The third-order valence-corrected chi connectivity index (χ3v) is 5.82. The molecule has 1 aliphatic heterocycles. The van der Waals surface area contributed by atoms with Gasteiger partial charge in [0.15, 0.2) is 0 Å². The molecule has 6 heteroatoms. The van der Waals surface area contributed by atoms with E-state index in [0.29, 0.717) is 6.54 Å². The van der Waals surface area contributed by atoms with Crippen LogP contribution in [0.4, 0.5) is 0 Å². The number of rotatable bonds is 4. The van der Waals surface area contributed by atoms with Gasteiger partial charge in [0, 0.05) is 12.6 Å². The van der Waals surface area contributed by atoms with Gasteiger partial charge in [-0.15, -0.1) is 12.4 Å². The SMILES string of the molecule is CCN(C1CCNCC1)S(=O)(=O)C1CC1.Cl. The fourth-order valence-electron chi connectivity index (χ4n) is 2.30. The zero-order chi connectivity index (χ0) is 10.9. The van der Waals surface area contributed by atoms with Crippen LogP contribution in [0.1, 0.15) is 32.6 Å². The molecule has 0 bridgehead atoms. The lowest BCUT2D eigenvalue weighted by Crippen LogP contribution is -2.47. The van der Waals surface area contributed by atoms with Gasteiger partial charge in [-0.3, -0.25) is 0 Å². The van der Waals surface area contributed by atoms with E-state index < -0.39 is 10.0 Å². The molecule has 0 aromatic heterocycles. The van der Waals surface area contributed by atoms with Crippen molar-refractivity contribution in [2.24, 2.45) is 0 Å². The summed E-state index contributed by atoms with van der Waals surface area (Å²) < 4.78 is 26.0. The monoisotopic (exact) mass is 268 g/mol. The van der Waals surface area contributed by atoms with E-state index in [4.69, 9.17) is 0 Å². The van der Waals surface area contributed by atoms with Crippen LogP contribution in [0, 0.1) is 0 Å². The Morgan fingerprint density at radius 2 is 1.75 bits per heavy atom. The van der Waals surface area contributed by atoms with Gasteiger partial charge in [-0.2, -0.15) is 4.31 Å². The summed E-state index contributed by atoms with van der Waals surface area (Å²) >= 11 is 0. The van der Waals surface area contributed by atoms with Crippen LogP contribution >= 0.6 is 12.4 Å². The van der Waals surface area contributed by atoms with E-state index in [9.17, 15) is 8.42 Å². The first-order chi connectivity index (χ1) is 7.16. The Hall–Kier alpha value is 0.160. The summed E-state index contributed by atoms with van der Waals surface area (Å²) in [6, 6.07) is 0.238. The number of nitrogens with one attached hydrogen (secondary N) is 1. The highest BCUT2D eigenvalue weighted by Gasteiger charge is 2.42. The second kappa shape index (κ2) is 5.67. The number of nitrogens with zero attached hydrogens (tertiary/aromatic N) is 1. The van der Waals surface area contributed by atoms with Crippen molar-refractivity contribution in [3.8, 4) is 0 Å². The van der Waals surface area contributed by atoms with E-state index in [1.807, 2.05) is 6.92 Å². The highest BCUT2D eigenvalue weighted by Crippen LogP contribution is 2.32. The number of piperidine rings is 1. The summed E-state index contributed by atoms with van der Waals surface area (Å²) in [6.07, 6.45) is 3.65. The first-order valence-electron chi connectivity index (χ1n) is 5.87. The maximum atomic E-state index is 12.1. The molecule has 16 heavy (non-hydrogen) atoms. The zero-order valence-electron chi connectivity index (χ0n) is 9.68. The second-order valence-electron chi connectivity index (χ2n) is 4.43. The number of hydrogen-bond donors (Lipinski definition) is 1. The van der Waals surface area contributed by atoms with Crippen molar-refractivity contribution in [2.75, 3.05) is 19.6 Å². The second-order valence-corrected chi connectivity index (χ2v) is 6.59.